The maximum Gasteiger partial charge on any atom is -0.0122 e. The zero-order valence-electron chi connectivity index (χ0n) is 60.2. The zero-order chi connectivity index (χ0) is 70.7. The molecule has 1 aliphatic carbocycles. The van der Waals surface area contributed by atoms with E-state index in [9.17, 15) is 0 Å². The first-order valence-corrected chi connectivity index (χ1v) is 42.6. The van der Waals surface area contributed by atoms with Crippen LogP contribution < -0.4 is 74.3 Å². The van der Waals surface area contributed by atoms with E-state index in [0.29, 0.717) is 0 Å². The van der Waals surface area contributed by atoms with Gasteiger partial charge in [0.1, 0.15) is 0 Å². The van der Waals surface area contributed by atoms with Crippen LogP contribution in [0, 0.1) is 48.5 Å². The van der Waals surface area contributed by atoms with E-state index in [2.05, 4.69) is 431 Å². The summed E-state index contributed by atoms with van der Waals surface area (Å²) in [5.41, 5.74) is 10.3. The van der Waals surface area contributed by atoms with Crippen molar-refractivity contribution >= 4 is 114 Å². The van der Waals surface area contributed by atoms with Crippen LogP contribution in [0.2, 0.25) is 0 Å². The minimum absolute atomic E-state index is 0.169. The van der Waals surface area contributed by atoms with Gasteiger partial charge in [0.2, 0.25) is 0 Å². The fraction of sp³-hybridized carbons (Fsp3) is 0.134. The van der Waals surface area contributed by atoms with E-state index < -0.39 is 31.7 Å². The van der Waals surface area contributed by atoms with Gasteiger partial charge in [0.15, 0.2) is 0 Å². The Kier molecular flexibility index (Phi) is 28.5. The van der Waals surface area contributed by atoms with Gasteiger partial charge in [0.05, 0.1) is 0 Å². The molecule has 0 heterocycles. The van der Waals surface area contributed by atoms with Crippen LogP contribution >= 0.6 is 39.6 Å². The summed E-state index contributed by atoms with van der Waals surface area (Å²) in [7, 11) is -2.07. The van der Waals surface area contributed by atoms with Crippen LogP contribution in [-0.2, 0) is 0 Å². The molecule has 0 aromatic heterocycles. The van der Waals surface area contributed by atoms with Gasteiger partial charge in [-0.25, -0.2) is 0 Å². The molecule has 1 saturated carbocycles. The van der Waals surface area contributed by atoms with Crippen molar-refractivity contribution in [2.24, 2.45) is 0 Å². The minimum Gasteiger partial charge on any atom is -0.0622 e. The molecule has 0 N–H and O–H groups in total. The monoisotopic (exact) mass is 1410 g/mol. The molecule has 1 aliphatic rings. The molecule has 15 rings (SSSR count). The highest BCUT2D eigenvalue weighted by Gasteiger charge is 2.27. The molecule has 0 nitrogen and oxygen atoms in total. The number of aryl methyl sites for hydroxylation is 7. The molecule has 0 saturated heterocycles. The number of hydrogen-bond donors (Lipinski definition) is 0. The highest BCUT2D eigenvalue weighted by Crippen LogP contribution is 2.46. The van der Waals surface area contributed by atoms with E-state index in [0.717, 1.165) is 5.66 Å². The van der Waals surface area contributed by atoms with Crippen LogP contribution in [0.3, 0.4) is 0 Å². The van der Waals surface area contributed by atoms with Crippen molar-refractivity contribution in [3.63, 3.8) is 0 Å². The second-order valence-corrected chi connectivity index (χ2v) is 37.2. The first kappa shape index (κ1) is 74.4. The quantitative estimate of drug-likeness (QED) is 0.0898. The molecule has 14 aromatic rings. The van der Waals surface area contributed by atoms with Crippen molar-refractivity contribution in [1.82, 2.24) is 0 Å². The summed E-state index contributed by atoms with van der Waals surface area (Å²) >= 11 is 0. The van der Waals surface area contributed by atoms with Crippen LogP contribution in [0.5, 0.6) is 0 Å². The summed E-state index contributed by atoms with van der Waals surface area (Å²) in [4.78, 5) is 0. The summed E-state index contributed by atoms with van der Waals surface area (Å²) in [6.07, 6.45) is 7.10. The number of rotatable bonds is 15. The van der Waals surface area contributed by atoms with Gasteiger partial charge in [-0.2, -0.15) is 0 Å². The third kappa shape index (κ3) is 20.7. The normalized spacial score (nSPS) is 11.9. The van der Waals surface area contributed by atoms with Gasteiger partial charge in [-0.05, 0) is 203 Å². The predicted octanol–water partition coefficient (Wildman–Crippen LogP) is 20.4. The van der Waals surface area contributed by atoms with Crippen molar-refractivity contribution in [3.05, 3.63) is 421 Å². The van der Waals surface area contributed by atoms with Crippen molar-refractivity contribution in [2.75, 3.05) is 0 Å². The Bertz CT molecular complexity index is 4330. The smallest absolute Gasteiger partial charge is 0.0122 e. The summed E-state index contributed by atoms with van der Waals surface area (Å²) in [6, 6.07) is 138. The Morgan fingerprint density at radius 3 is 0.618 bits per heavy atom. The van der Waals surface area contributed by atoms with Crippen LogP contribution in [0.1, 0.15) is 71.0 Å². The molecule has 0 aliphatic heterocycles. The van der Waals surface area contributed by atoms with E-state index in [4.69, 9.17) is 0 Å². The second kappa shape index (κ2) is 39.0. The van der Waals surface area contributed by atoms with Crippen molar-refractivity contribution in [1.29, 1.82) is 0 Å². The molecule has 1 fully saturated rings. The summed E-state index contributed by atoms with van der Waals surface area (Å²) in [5, 5.41) is 20.2. The molecular weight excluding hydrogens is 1320 g/mol. The van der Waals surface area contributed by atoms with Gasteiger partial charge in [-0.3, -0.25) is 0 Å². The fourth-order valence-electron chi connectivity index (χ4n) is 13.0. The average Bonchev–Trinajstić information content (AvgIpc) is 0.798. The molecule has 0 atom stereocenters. The summed E-state index contributed by atoms with van der Waals surface area (Å²) < 4.78 is 0. The SMILES string of the molecule is Cc1ccc(P(c2ccc(C)cc2)c2ccc(C)cc2)cc1.Cc1ccccc1P(c1ccccc1)c1ccccc1.Cc1ccccc1P(c1ccccc1C)c1ccccc1C.c1ccc(P(c2ccccc2)C2CCCCC2)cc1.c1ccc(P(c2ccccc2)c2ccccc2)cc1. The van der Waals surface area contributed by atoms with Gasteiger partial charge in [0.25, 0.3) is 0 Å². The van der Waals surface area contributed by atoms with E-state index >= 15 is 0 Å². The Balaban J connectivity index is 0.000000128. The lowest BCUT2D eigenvalue weighted by molar-refractivity contribution is 0.513. The lowest BCUT2D eigenvalue weighted by Gasteiger charge is -2.31. The Labute approximate surface area is 616 Å². The molecule has 14 aromatic carbocycles. The molecular formula is C97H95P5. The van der Waals surface area contributed by atoms with Crippen LogP contribution in [0.4, 0.5) is 0 Å². The standard InChI is InChI=1S/2C21H21P.C19H17P.C18H21P.C18H15P/c1-16-4-10-19(11-5-16)22(20-12-6-17(2)7-13-20)21-14-8-18(3)9-15-21;1-16-10-4-7-13-19(16)22(20-14-8-5-11-17(20)2)21-15-9-6-12-18(21)3;1-16-10-8-9-15-19(16)20(17-11-4-2-5-12-17)18-13-6-3-7-14-18;2*1-4-10-16(11-5-1)19(17-12-6-2-7-13-17)18-14-8-3-9-15-18/h2*4-15H,1-3H3;2-15H,1H3;1-2,4-7,10-13,18H,3,8-9,14-15H2;1-15H. The van der Waals surface area contributed by atoms with Gasteiger partial charge in [-0.15, -0.1) is 0 Å². The third-order valence-electron chi connectivity index (χ3n) is 18.4. The van der Waals surface area contributed by atoms with Gasteiger partial charge in [-0.1, -0.05) is 418 Å². The molecule has 102 heavy (non-hydrogen) atoms. The maximum absolute atomic E-state index is 2.33. The first-order chi connectivity index (χ1) is 50.1. The van der Waals surface area contributed by atoms with Crippen molar-refractivity contribution in [2.45, 2.75) is 86.2 Å². The van der Waals surface area contributed by atoms with Gasteiger partial charge < -0.3 is 0 Å². The average molecular weight is 1420 g/mol. The van der Waals surface area contributed by atoms with Crippen molar-refractivity contribution in [3.8, 4) is 0 Å². The topological polar surface area (TPSA) is 0 Å². The highest BCUT2D eigenvalue weighted by atomic mass is 31.1. The number of benzene rings is 14. The molecule has 0 radical (unpaired) electrons. The largest absolute Gasteiger partial charge is 0.0622 e. The Morgan fingerprint density at radius 1 is 0.176 bits per heavy atom. The zero-order valence-corrected chi connectivity index (χ0v) is 64.7. The molecule has 0 unspecified atom stereocenters. The Hall–Kier alpha value is -8.77. The lowest BCUT2D eigenvalue weighted by atomic mass is 10.0. The van der Waals surface area contributed by atoms with E-state index in [1.807, 2.05) is 0 Å². The molecule has 0 bridgehead atoms. The third-order valence-corrected chi connectivity index (χ3v) is 31.8. The summed E-state index contributed by atoms with van der Waals surface area (Å²) in [5.74, 6) is 0. The number of hydrogen-bond acceptors (Lipinski definition) is 0. The van der Waals surface area contributed by atoms with Crippen LogP contribution in [0.15, 0.2) is 382 Å². The molecule has 508 valence electrons. The minimum atomic E-state index is -0.508. The van der Waals surface area contributed by atoms with Gasteiger partial charge >= 0.3 is 0 Å². The predicted molar refractivity (Wildman–Crippen MR) is 460 cm³/mol. The van der Waals surface area contributed by atoms with E-state index in [-0.39, 0.29) is 7.92 Å². The summed E-state index contributed by atoms with van der Waals surface area (Å²) in [6.45, 7) is 15.3. The Morgan fingerprint density at radius 2 is 0.373 bits per heavy atom. The van der Waals surface area contributed by atoms with E-state index in [1.54, 1.807) is 10.6 Å². The van der Waals surface area contributed by atoms with Crippen LogP contribution in [0.25, 0.3) is 0 Å². The van der Waals surface area contributed by atoms with Crippen LogP contribution in [-0.4, -0.2) is 5.66 Å². The molecule has 0 amide bonds. The second-order valence-electron chi connectivity index (χ2n) is 26.0. The first-order valence-electron chi connectivity index (χ1n) is 35.9. The molecule has 5 heteroatoms. The maximum atomic E-state index is 2.33. The van der Waals surface area contributed by atoms with Crippen molar-refractivity contribution < 1.29 is 0 Å². The lowest BCUT2D eigenvalue weighted by Crippen LogP contribution is -2.25. The highest BCUT2D eigenvalue weighted by molar-refractivity contribution is 7.81. The molecule has 0 spiro atoms. The van der Waals surface area contributed by atoms with Gasteiger partial charge in [0, 0.05) is 0 Å². The fourth-order valence-corrected chi connectivity index (χ4v) is 25.8. The van der Waals surface area contributed by atoms with E-state index in [1.165, 1.54) is 135 Å².